The quantitative estimate of drug-likeness (QED) is 0.607. The summed E-state index contributed by atoms with van der Waals surface area (Å²) in [6.45, 7) is 1.17. The smallest absolute Gasteiger partial charge is 0.416 e. The summed E-state index contributed by atoms with van der Waals surface area (Å²) in [6, 6.07) is 10.3. The van der Waals surface area contributed by atoms with E-state index in [2.05, 4.69) is 9.97 Å². The molecule has 26 heavy (non-hydrogen) atoms. The minimum absolute atomic E-state index is 0.0968. The van der Waals surface area contributed by atoms with Gasteiger partial charge in [0, 0.05) is 11.8 Å². The number of benzene rings is 1. The summed E-state index contributed by atoms with van der Waals surface area (Å²) in [5.41, 5.74) is 0.148. The number of nitrogens with zero attached hydrogens (tertiary/aromatic N) is 2. The van der Waals surface area contributed by atoms with E-state index in [9.17, 15) is 18.0 Å². The first-order valence-corrected chi connectivity index (χ1v) is 8.39. The number of carbonyl (C=O) groups excluding carboxylic acids is 1. The Morgan fingerprint density at radius 3 is 2.58 bits per heavy atom. The number of hydrogen-bond donors (Lipinski definition) is 0. The van der Waals surface area contributed by atoms with Crippen LogP contribution in [0.4, 0.5) is 13.2 Å². The van der Waals surface area contributed by atoms with Crippen molar-refractivity contribution in [2.24, 2.45) is 0 Å². The van der Waals surface area contributed by atoms with Crippen molar-refractivity contribution in [3.8, 4) is 10.7 Å². The highest BCUT2D eigenvalue weighted by Gasteiger charge is 2.33. The highest BCUT2D eigenvalue weighted by atomic mass is 32.1. The number of ether oxygens (including phenoxy) is 1. The molecule has 8 heteroatoms. The molecule has 2 aromatic heterocycles. The number of hydrogen-bond acceptors (Lipinski definition) is 5. The number of carbonyl (C=O) groups is 1. The number of aryl methyl sites for hydroxylation is 1. The van der Waals surface area contributed by atoms with E-state index < -0.39 is 24.3 Å². The van der Waals surface area contributed by atoms with Crippen LogP contribution in [0, 0.1) is 6.92 Å². The van der Waals surface area contributed by atoms with Crippen LogP contribution in [0.25, 0.3) is 10.7 Å². The predicted molar refractivity (Wildman–Crippen MR) is 90.6 cm³/mol. The van der Waals surface area contributed by atoms with E-state index in [-0.39, 0.29) is 10.4 Å². The summed E-state index contributed by atoms with van der Waals surface area (Å²) in [7, 11) is 0. The number of rotatable bonds is 4. The van der Waals surface area contributed by atoms with Gasteiger partial charge in [0.2, 0.25) is 0 Å². The standard InChI is InChI=1S/C18H13F3N2O2S/c1-11-15(26-16(23-11)14-8-4-5-9-22-14)17(24)25-10-12-6-2-3-7-13(12)18(19,20)21/h2-9H,10H2,1H3. The van der Waals surface area contributed by atoms with Gasteiger partial charge in [0.15, 0.2) is 0 Å². The Morgan fingerprint density at radius 1 is 1.15 bits per heavy atom. The highest BCUT2D eigenvalue weighted by Crippen LogP contribution is 2.32. The van der Waals surface area contributed by atoms with Gasteiger partial charge >= 0.3 is 12.1 Å². The Labute approximate surface area is 151 Å². The molecule has 0 fully saturated rings. The lowest BCUT2D eigenvalue weighted by Gasteiger charge is -2.12. The summed E-state index contributed by atoms with van der Waals surface area (Å²) in [6.07, 6.45) is -2.90. The summed E-state index contributed by atoms with van der Waals surface area (Å²) < 4.78 is 44.1. The second-order valence-corrected chi connectivity index (χ2v) is 6.38. The van der Waals surface area contributed by atoms with Crippen LogP contribution >= 0.6 is 11.3 Å². The van der Waals surface area contributed by atoms with Gasteiger partial charge in [0.05, 0.1) is 17.0 Å². The lowest BCUT2D eigenvalue weighted by Crippen LogP contribution is -2.12. The number of thiazole rings is 1. The molecule has 0 aliphatic heterocycles. The average molecular weight is 378 g/mol. The van der Waals surface area contributed by atoms with Crippen molar-refractivity contribution in [2.75, 3.05) is 0 Å². The molecule has 0 saturated carbocycles. The molecule has 0 unspecified atom stereocenters. The monoisotopic (exact) mass is 378 g/mol. The Kier molecular flexibility index (Phi) is 5.03. The number of esters is 1. The zero-order valence-electron chi connectivity index (χ0n) is 13.6. The van der Waals surface area contributed by atoms with E-state index in [1.807, 2.05) is 0 Å². The van der Waals surface area contributed by atoms with Gasteiger partial charge in [-0.1, -0.05) is 24.3 Å². The average Bonchev–Trinajstić information content (AvgIpc) is 3.02. The number of alkyl halides is 3. The third kappa shape index (κ3) is 3.91. The van der Waals surface area contributed by atoms with E-state index >= 15 is 0 Å². The van der Waals surface area contributed by atoms with Crippen LogP contribution in [0.15, 0.2) is 48.7 Å². The van der Waals surface area contributed by atoms with E-state index in [0.717, 1.165) is 17.4 Å². The Morgan fingerprint density at radius 2 is 1.88 bits per heavy atom. The molecule has 2 heterocycles. The van der Waals surface area contributed by atoms with Crippen LogP contribution in [0.3, 0.4) is 0 Å². The van der Waals surface area contributed by atoms with Gasteiger partial charge in [-0.2, -0.15) is 13.2 Å². The highest BCUT2D eigenvalue weighted by molar-refractivity contribution is 7.17. The fraction of sp³-hybridized carbons (Fsp3) is 0.167. The molecule has 3 rings (SSSR count). The van der Waals surface area contributed by atoms with Crippen molar-refractivity contribution in [3.63, 3.8) is 0 Å². The lowest BCUT2D eigenvalue weighted by atomic mass is 10.1. The number of pyridine rings is 1. The Hall–Kier alpha value is -2.74. The van der Waals surface area contributed by atoms with Crippen LogP contribution in [-0.2, 0) is 17.5 Å². The molecule has 0 aliphatic carbocycles. The third-order valence-electron chi connectivity index (χ3n) is 3.55. The minimum Gasteiger partial charge on any atom is -0.457 e. The van der Waals surface area contributed by atoms with Gasteiger partial charge in [-0.15, -0.1) is 11.3 Å². The van der Waals surface area contributed by atoms with E-state index in [1.165, 1.54) is 18.2 Å². The predicted octanol–water partition coefficient (Wildman–Crippen LogP) is 4.89. The van der Waals surface area contributed by atoms with Crippen molar-refractivity contribution in [1.29, 1.82) is 0 Å². The summed E-state index contributed by atoms with van der Waals surface area (Å²) >= 11 is 1.10. The maximum atomic E-state index is 13.0. The third-order valence-corrected chi connectivity index (χ3v) is 4.71. The number of halogens is 3. The van der Waals surface area contributed by atoms with Crippen LogP contribution in [0.2, 0.25) is 0 Å². The molecule has 4 nitrogen and oxygen atoms in total. The second kappa shape index (κ2) is 7.25. The summed E-state index contributed by atoms with van der Waals surface area (Å²) in [4.78, 5) is 21.0. The van der Waals surface area contributed by atoms with Crippen molar-refractivity contribution >= 4 is 17.3 Å². The van der Waals surface area contributed by atoms with Crippen LogP contribution < -0.4 is 0 Å². The molecule has 0 amide bonds. The molecule has 0 atom stereocenters. The van der Waals surface area contributed by atoms with Gasteiger partial charge in [0.25, 0.3) is 0 Å². The Balaban J connectivity index is 1.77. The minimum atomic E-state index is -4.50. The second-order valence-electron chi connectivity index (χ2n) is 5.38. The molecular formula is C18H13F3N2O2S. The van der Waals surface area contributed by atoms with Crippen molar-refractivity contribution in [1.82, 2.24) is 9.97 Å². The van der Waals surface area contributed by atoms with Crippen molar-refractivity contribution in [2.45, 2.75) is 19.7 Å². The molecule has 3 aromatic rings. The topological polar surface area (TPSA) is 52.1 Å². The fourth-order valence-corrected chi connectivity index (χ4v) is 3.25. The first kappa shape index (κ1) is 18.1. The molecule has 0 aliphatic rings. The first-order valence-electron chi connectivity index (χ1n) is 7.57. The molecular weight excluding hydrogens is 365 g/mol. The molecule has 0 radical (unpaired) electrons. The largest absolute Gasteiger partial charge is 0.457 e. The van der Waals surface area contributed by atoms with Crippen LogP contribution in [-0.4, -0.2) is 15.9 Å². The maximum Gasteiger partial charge on any atom is 0.416 e. The van der Waals surface area contributed by atoms with Gasteiger partial charge in [-0.3, -0.25) is 4.98 Å². The molecule has 0 spiro atoms. The molecule has 1 aromatic carbocycles. The SMILES string of the molecule is Cc1nc(-c2ccccn2)sc1C(=O)OCc1ccccc1C(F)(F)F. The van der Waals surface area contributed by atoms with Gasteiger partial charge in [-0.05, 0) is 25.1 Å². The number of aromatic nitrogens is 2. The van der Waals surface area contributed by atoms with Gasteiger partial charge < -0.3 is 4.74 Å². The zero-order valence-corrected chi connectivity index (χ0v) is 14.4. The molecule has 134 valence electrons. The lowest BCUT2D eigenvalue weighted by molar-refractivity contribution is -0.138. The van der Waals surface area contributed by atoms with Gasteiger partial charge in [0.1, 0.15) is 16.5 Å². The van der Waals surface area contributed by atoms with Gasteiger partial charge in [-0.25, -0.2) is 9.78 Å². The van der Waals surface area contributed by atoms with E-state index in [1.54, 1.807) is 31.3 Å². The molecule has 0 bridgehead atoms. The first-order chi connectivity index (χ1) is 12.4. The van der Waals surface area contributed by atoms with Crippen LogP contribution in [0.1, 0.15) is 26.5 Å². The molecule has 0 saturated heterocycles. The fourth-order valence-electron chi connectivity index (χ4n) is 2.32. The summed E-state index contributed by atoms with van der Waals surface area (Å²) in [5, 5.41) is 0.547. The van der Waals surface area contributed by atoms with Crippen molar-refractivity contribution < 1.29 is 22.7 Å². The van der Waals surface area contributed by atoms with E-state index in [4.69, 9.17) is 4.74 Å². The molecule has 0 N–H and O–H groups in total. The van der Waals surface area contributed by atoms with Crippen LogP contribution in [0.5, 0.6) is 0 Å². The maximum absolute atomic E-state index is 13.0. The van der Waals surface area contributed by atoms with Crippen molar-refractivity contribution in [3.05, 3.63) is 70.4 Å². The normalized spacial score (nSPS) is 11.4. The summed E-state index contributed by atoms with van der Waals surface area (Å²) in [5.74, 6) is -0.709. The zero-order chi connectivity index (χ0) is 18.7. The Bertz CT molecular complexity index is 924. The van der Waals surface area contributed by atoms with E-state index in [0.29, 0.717) is 16.4 Å².